The molecule has 1 saturated heterocycles. The number of aryl methyl sites for hydroxylation is 1. The van der Waals surface area contributed by atoms with E-state index >= 15 is 0 Å². The summed E-state index contributed by atoms with van der Waals surface area (Å²) in [6.45, 7) is 3.90. The van der Waals surface area contributed by atoms with Crippen LogP contribution in [0.25, 0.3) is 0 Å². The Morgan fingerprint density at radius 3 is 2.77 bits per heavy atom. The van der Waals surface area contributed by atoms with Gasteiger partial charge in [-0.05, 0) is 5.92 Å². The van der Waals surface area contributed by atoms with Gasteiger partial charge in [-0.2, -0.15) is 0 Å². The zero-order chi connectivity index (χ0) is 9.42. The highest BCUT2D eigenvalue weighted by atomic mass is 16.2. The van der Waals surface area contributed by atoms with Crippen LogP contribution in [0, 0.1) is 5.92 Å². The first kappa shape index (κ1) is 8.29. The molecule has 4 heteroatoms. The topological polar surface area (TPSA) is 38.1 Å². The lowest BCUT2D eigenvalue weighted by Gasteiger charge is -2.37. The molecule has 70 valence electrons. The Balaban J connectivity index is 2.10. The van der Waals surface area contributed by atoms with Gasteiger partial charge in [-0.25, -0.2) is 4.98 Å². The number of carbonyl (C=O) groups is 1. The van der Waals surface area contributed by atoms with Crippen molar-refractivity contribution in [2.75, 3.05) is 13.1 Å². The molecular formula is C9H13N3O. The van der Waals surface area contributed by atoms with Crippen LogP contribution in [0.1, 0.15) is 17.4 Å². The third-order valence-corrected chi connectivity index (χ3v) is 2.39. The molecule has 0 aliphatic carbocycles. The Morgan fingerprint density at radius 2 is 2.31 bits per heavy atom. The average molecular weight is 179 g/mol. The van der Waals surface area contributed by atoms with Gasteiger partial charge in [-0.1, -0.05) is 6.92 Å². The van der Waals surface area contributed by atoms with E-state index in [-0.39, 0.29) is 5.91 Å². The van der Waals surface area contributed by atoms with E-state index in [1.54, 1.807) is 17.1 Å². The maximum Gasteiger partial charge on any atom is 0.272 e. The Kier molecular flexibility index (Phi) is 1.83. The average Bonchev–Trinajstić information content (AvgIpc) is 2.44. The van der Waals surface area contributed by atoms with Crippen LogP contribution in [0.4, 0.5) is 0 Å². The minimum atomic E-state index is 0.0955. The molecule has 1 aromatic heterocycles. The first-order valence-corrected chi connectivity index (χ1v) is 4.44. The van der Waals surface area contributed by atoms with Crippen LogP contribution in [-0.2, 0) is 7.05 Å². The van der Waals surface area contributed by atoms with E-state index in [0.29, 0.717) is 11.6 Å². The van der Waals surface area contributed by atoms with Crippen molar-refractivity contribution in [2.45, 2.75) is 6.92 Å². The number of rotatable bonds is 1. The summed E-state index contributed by atoms with van der Waals surface area (Å²) in [5.74, 6) is 0.746. The Morgan fingerprint density at radius 1 is 1.62 bits per heavy atom. The van der Waals surface area contributed by atoms with Crippen LogP contribution in [0.5, 0.6) is 0 Å². The Hall–Kier alpha value is -1.32. The first-order chi connectivity index (χ1) is 6.18. The van der Waals surface area contributed by atoms with Crippen molar-refractivity contribution in [3.63, 3.8) is 0 Å². The fourth-order valence-corrected chi connectivity index (χ4v) is 1.59. The lowest BCUT2D eigenvalue weighted by Crippen LogP contribution is -2.49. The fourth-order valence-electron chi connectivity index (χ4n) is 1.59. The van der Waals surface area contributed by atoms with Crippen molar-refractivity contribution in [2.24, 2.45) is 13.0 Å². The molecule has 0 bridgehead atoms. The predicted molar refractivity (Wildman–Crippen MR) is 48.3 cm³/mol. The number of imidazole rings is 1. The lowest BCUT2D eigenvalue weighted by molar-refractivity contribution is 0.0520. The number of carbonyl (C=O) groups excluding carboxylic acids is 1. The second-order valence-corrected chi connectivity index (χ2v) is 3.71. The summed E-state index contributed by atoms with van der Waals surface area (Å²) in [7, 11) is 1.84. The van der Waals surface area contributed by atoms with Gasteiger partial charge in [-0.15, -0.1) is 0 Å². The van der Waals surface area contributed by atoms with Crippen LogP contribution in [0.3, 0.4) is 0 Å². The molecule has 0 unspecified atom stereocenters. The number of likely N-dealkylation sites (tertiary alicyclic amines) is 1. The second kappa shape index (κ2) is 2.87. The molecule has 13 heavy (non-hydrogen) atoms. The number of hydrogen-bond donors (Lipinski definition) is 0. The van der Waals surface area contributed by atoms with Crippen LogP contribution < -0.4 is 0 Å². The Labute approximate surface area is 77.2 Å². The van der Waals surface area contributed by atoms with Gasteiger partial charge < -0.3 is 9.47 Å². The largest absolute Gasteiger partial charge is 0.337 e. The van der Waals surface area contributed by atoms with Crippen molar-refractivity contribution in [1.29, 1.82) is 0 Å². The van der Waals surface area contributed by atoms with Crippen molar-refractivity contribution in [3.05, 3.63) is 18.2 Å². The van der Waals surface area contributed by atoms with Crippen LogP contribution in [0.15, 0.2) is 12.5 Å². The molecule has 1 amide bonds. The second-order valence-electron chi connectivity index (χ2n) is 3.71. The molecular weight excluding hydrogens is 166 g/mol. The van der Waals surface area contributed by atoms with Gasteiger partial charge >= 0.3 is 0 Å². The molecule has 0 N–H and O–H groups in total. The molecule has 2 rings (SSSR count). The van der Waals surface area contributed by atoms with Gasteiger partial charge in [0.2, 0.25) is 0 Å². The highest BCUT2D eigenvalue weighted by Gasteiger charge is 2.28. The highest BCUT2D eigenvalue weighted by molar-refractivity contribution is 5.92. The minimum Gasteiger partial charge on any atom is -0.337 e. The quantitative estimate of drug-likeness (QED) is 0.630. The lowest BCUT2D eigenvalue weighted by atomic mass is 10.0. The van der Waals surface area contributed by atoms with Crippen LogP contribution in [-0.4, -0.2) is 33.4 Å². The molecule has 1 aromatic rings. The van der Waals surface area contributed by atoms with E-state index in [1.807, 2.05) is 11.9 Å². The third-order valence-electron chi connectivity index (χ3n) is 2.39. The van der Waals surface area contributed by atoms with Gasteiger partial charge in [0.15, 0.2) is 0 Å². The molecule has 0 saturated carbocycles. The van der Waals surface area contributed by atoms with E-state index in [4.69, 9.17) is 0 Å². The summed E-state index contributed by atoms with van der Waals surface area (Å²) < 4.78 is 1.76. The highest BCUT2D eigenvalue weighted by Crippen LogP contribution is 2.16. The van der Waals surface area contributed by atoms with Crippen molar-refractivity contribution in [1.82, 2.24) is 14.5 Å². The maximum atomic E-state index is 11.7. The summed E-state index contributed by atoms with van der Waals surface area (Å²) in [4.78, 5) is 17.5. The van der Waals surface area contributed by atoms with E-state index in [0.717, 1.165) is 13.1 Å². The number of aromatic nitrogens is 2. The van der Waals surface area contributed by atoms with Crippen LogP contribution in [0.2, 0.25) is 0 Å². The monoisotopic (exact) mass is 179 g/mol. The predicted octanol–water partition coefficient (Wildman–Crippen LogP) is 0.512. The molecule has 0 spiro atoms. The summed E-state index contributed by atoms with van der Waals surface area (Å²) in [5.41, 5.74) is 0.673. The van der Waals surface area contributed by atoms with Crippen molar-refractivity contribution >= 4 is 5.91 Å². The number of amides is 1. The van der Waals surface area contributed by atoms with Crippen molar-refractivity contribution in [3.8, 4) is 0 Å². The smallest absolute Gasteiger partial charge is 0.272 e. The number of nitrogens with zero attached hydrogens (tertiary/aromatic N) is 3. The maximum absolute atomic E-state index is 11.7. The minimum absolute atomic E-state index is 0.0955. The van der Waals surface area contributed by atoms with Crippen LogP contribution >= 0.6 is 0 Å². The standard InChI is InChI=1S/C9H13N3O/c1-7-4-12(5-7)9(13)8-3-10-6-11(8)2/h3,6-7H,4-5H2,1-2H3. The molecule has 1 aliphatic rings. The van der Waals surface area contributed by atoms with Gasteiger partial charge in [0, 0.05) is 20.1 Å². The molecule has 0 radical (unpaired) electrons. The molecule has 1 fully saturated rings. The van der Waals surface area contributed by atoms with Gasteiger partial charge in [0.1, 0.15) is 5.69 Å². The van der Waals surface area contributed by atoms with E-state index < -0.39 is 0 Å². The van der Waals surface area contributed by atoms with Gasteiger partial charge in [0.25, 0.3) is 5.91 Å². The third kappa shape index (κ3) is 1.32. The molecule has 0 atom stereocenters. The summed E-state index contributed by atoms with van der Waals surface area (Å²) in [6, 6.07) is 0. The normalized spacial score (nSPS) is 17.2. The molecule has 4 nitrogen and oxygen atoms in total. The zero-order valence-electron chi connectivity index (χ0n) is 7.90. The summed E-state index contributed by atoms with van der Waals surface area (Å²) in [6.07, 6.45) is 3.27. The SMILES string of the molecule is CC1CN(C(=O)c2cncn2C)C1. The number of hydrogen-bond acceptors (Lipinski definition) is 2. The first-order valence-electron chi connectivity index (χ1n) is 4.44. The van der Waals surface area contributed by atoms with Gasteiger partial charge in [-0.3, -0.25) is 4.79 Å². The van der Waals surface area contributed by atoms with Crippen molar-refractivity contribution < 1.29 is 4.79 Å². The summed E-state index contributed by atoms with van der Waals surface area (Å²) in [5, 5.41) is 0. The van der Waals surface area contributed by atoms with E-state index in [2.05, 4.69) is 11.9 Å². The fraction of sp³-hybridized carbons (Fsp3) is 0.556. The molecule has 0 aromatic carbocycles. The van der Waals surface area contributed by atoms with E-state index in [1.165, 1.54) is 0 Å². The molecule has 2 heterocycles. The van der Waals surface area contributed by atoms with E-state index in [9.17, 15) is 4.79 Å². The zero-order valence-corrected chi connectivity index (χ0v) is 7.90. The Bertz CT molecular complexity index is 325. The summed E-state index contributed by atoms with van der Waals surface area (Å²) >= 11 is 0. The van der Waals surface area contributed by atoms with Gasteiger partial charge in [0.05, 0.1) is 12.5 Å². The molecule has 1 aliphatic heterocycles.